The van der Waals surface area contributed by atoms with Crippen molar-refractivity contribution in [3.63, 3.8) is 0 Å². The molecule has 6 N–H and O–H groups in total. The average Bonchev–Trinajstić information content (AvgIpc) is 2.74. The number of aromatic nitrogens is 2. The molecule has 1 aromatic carbocycles. The van der Waals surface area contributed by atoms with E-state index in [-0.39, 0.29) is 28.7 Å². The van der Waals surface area contributed by atoms with Crippen molar-refractivity contribution in [3.8, 4) is 11.3 Å². The molecular formula is C23H21F2N5O2. The lowest BCUT2D eigenvalue weighted by Crippen LogP contribution is -2.29. The fourth-order valence-electron chi connectivity index (χ4n) is 3.73. The fourth-order valence-corrected chi connectivity index (χ4v) is 3.73. The number of halogens is 2. The highest BCUT2D eigenvalue weighted by molar-refractivity contribution is 6.07. The number of nitrogens with zero attached hydrogens (tertiary/aromatic N) is 2. The minimum Gasteiger partial charge on any atom is -0.397 e. The van der Waals surface area contributed by atoms with E-state index < -0.39 is 23.6 Å². The minimum atomic E-state index is -0.803. The van der Waals surface area contributed by atoms with Crippen molar-refractivity contribution >= 4 is 22.9 Å². The molecule has 32 heavy (non-hydrogen) atoms. The molecule has 2 unspecified atom stereocenters. The van der Waals surface area contributed by atoms with Gasteiger partial charge in [0.05, 0.1) is 34.9 Å². The van der Waals surface area contributed by atoms with Crippen molar-refractivity contribution < 1.29 is 18.7 Å². The molecule has 3 aromatic rings. The van der Waals surface area contributed by atoms with Gasteiger partial charge in [-0.25, -0.2) is 13.8 Å². The van der Waals surface area contributed by atoms with E-state index in [1.165, 1.54) is 24.4 Å². The van der Waals surface area contributed by atoms with Gasteiger partial charge in [0.15, 0.2) is 5.69 Å². The molecule has 2 atom stereocenters. The van der Waals surface area contributed by atoms with E-state index in [1.807, 2.05) is 0 Å². The van der Waals surface area contributed by atoms with E-state index in [2.05, 4.69) is 15.3 Å². The van der Waals surface area contributed by atoms with Gasteiger partial charge < -0.3 is 21.9 Å². The van der Waals surface area contributed by atoms with Crippen molar-refractivity contribution in [2.75, 3.05) is 11.1 Å². The summed E-state index contributed by atoms with van der Waals surface area (Å²) in [6.45, 7) is 0. The van der Waals surface area contributed by atoms with Crippen LogP contribution in [0.2, 0.25) is 0 Å². The molecule has 0 aliphatic heterocycles. The molecule has 0 bridgehead atoms. The summed E-state index contributed by atoms with van der Waals surface area (Å²) >= 11 is 0. The summed E-state index contributed by atoms with van der Waals surface area (Å²) < 4.78 is 28.4. The van der Waals surface area contributed by atoms with Crippen LogP contribution in [-0.4, -0.2) is 33.1 Å². The van der Waals surface area contributed by atoms with Crippen molar-refractivity contribution in [3.05, 3.63) is 77.8 Å². The smallest absolute Gasteiger partial charge is 0.276 e. The number of hydrogen-bond acceptors (Lipinski definition) is 6. The Labute approximate surface area is 182 Å². The molecule has 0 fully saturated rings. The van der Waals surface area contributed by atoms with Gasteiger partial charge in [0.25, 0.3) is 5.91 Å². The number of nitrogen functional groups attached to an aromatic ring is 1. The highest BCUT2D eigenvalue weighted by Crippen LogP contribution is 2.32. The predicted molar refractivity (Wildman–Crippen MR) is 117 cm³/mol. The van der Waals surface area contributed by atoms with Gasteiger partial charge in [0, 0.05) is 17.8 Å². The van der Waals surface area contributed by atoms with Crippen LogP contribution in [0.5, 0.6) is 0 Å². The lowest BCUT2D eigenvalue weighted by atomic mass is 9.89. The standard InChI is InChI=1S/C23H21F2N5O2/c24-16-2-1-3-17(25)21(16)19-5-4-18(27)22(29-19)23(32)30-20-11-28-7-6-15(20)12-8-13(26)10-14(31)9-12/h1-7,9,11,13-14,31H,8,10,26-27H2,(H,30,32). The van der Waals surface area contributed by atoms with Crippen molar-refractivity contribution in [2.24, 2.45) is 5.73 Å². The van der Waals surface area contributed by atoms with Crippen molar-refractivity contribution in [2.45, 2.75) is 25.0 Å². The quantitative estimate of drug-likeness (QED) is 0.497. The summed E-state index contributed by atoms with van der Waals surface area (Å²) in [7, 11) is 0. The number of benzene rings is 1. The third-order valence-corrected chi connectivity index (χ3v) is 5.20. The number of amides is 1. The highest BCUT2D eigenvalue weighted by Gasteiger charge is 2.22. The maximum absolute atomic E-state index is 14.2. The van der Waals surface area contributed by atoms with E-state index in [9.17, 15) is 18.7 Å². The maximum Gasteiger partial charge on any atom is 0.276 e. The number of aliphatic hydroxyl groups excluding tert-OH is 1. The Bertz CT molecular complexity index is 1190. The molecule has 0 saturated heterocycles. The largest absolute Gasteiger partial charge is 0.397 e. The summed E-state index contributed by atoms with van der Waals surface area (Å²) in [5.41, 5.74) is 13.2. The number of anilines is 2. The van der Waals surface area contributed by atoms with Crippen LogP contribution in [0.4, 0.5) is 20.2 Å². The number of nitrogens with one attached hydrogen (secondary N) is 1. The molecule has 164 valence electrons. The van der Waals surface area contributed by atoms with Crippen LogP contribution in [0, 0.1) is 11.6 Å². The normalized spacial score (nSPS) is 18.2. The number of nitrogens with two attached hydrogens (primary N) is 2. The summed E-state index contributed by atoms with van der Waals surface area (Å²) in [5.74, 6) is -2.28. The Morgan fingerprint density at radius 3 is 2.62 bits per heavy atom. The molecule has 1 amide bonds. The van der Waals surface area contributed by atoms with Crippen LogP contribution in [-0.2, 0) is 0 Å². The van der Waals surface area contributed by atoms with Crippen LogP contribution in [0.1, 0.15) is 28.9 Å². The summed E-state index contributed by atoms with van der Waals surface area (Å²) in [5, 5.41) is 12.7. The number of pyridine rings is 2. The monoisotopic (exact) mass is 437 g/mol. The second-order valence-electron chi connectivity index (χ2n) is 7.57. The lowest BCUT2D eigenvalue weighted by molar-refractivity contribution is 0.102. The van der Waals surface area contributed by atoms with Crippen LogP contribution in [0.3, 0.4) is 0 Å². The Kier molecular flexibility index (Phi) is 5.93. The predicted octanol–water partition coefficient (Wildman–Crippen LogP) is 3.12. The fraction of sp³-hybridized carbons (Fsp3) is 0.174. The molecule has 1 aliphatic carbocycles. The first-order chi connectivity index (χ1) is 15.3. The van der Waals surface area contributed by atoms with Crippen molar-refractivity contribution in [1.82, 2.24) is 9.97 Å². The number of carbonyl (C=O) groups is 1. The zero-order valence-electron chi connectivity index (χ0n) is 16.9. The lowest BCUT2D eigenvalue weighted by Gasteiger charge is -2.24. The zero-order chi connectivity index (χ0) is 22.8. The molecule has 0 spiro atoms. The average molecular weight is 437 g/mol. The topological polar surface area (TPSA) is 127 Å². The van der Waals surface area contributed by atoms with E-state index >= 15 is 0 Å². The van der Waals surface area contributed by atoms with Gasteiger partial charge in [-0.3, -0.25) is 9.78 Å². The number of hydrogen-bond donors (Lipinski definition) is 4. The molecule has 1 aliphatic rings. The first kappa shape index (κ1) is 21.5. The van der Waals surface area contributed by atoms with E-state index in [4.69, 9.17) is 11.5 Å². The molecular weight excluding hydrogens is 416 g/mol. The maximum atomic E-state index is 14.2. The van der Waals surface area contributed by atoms with Gasteiger partial charge in [-0.2, -0.15) is 0 Å². The Morgan fingerprint density at radius 1 is 1.16 bits per heavy atom. The Balaban J connectivity index is 1.68. The third kappa shape index (κ3) is 4.34. The summed E-state index contributed by atoms with van der Waals surface area (Å²) in [6, 6.07) is 7.65. The molecule has 7 nitrogen and oxygen atoms in total. The minimum absolute atomic E-state index is 0.0442. The van der Waals surface area contributed by atoms with E-state index in [0.29, 0.717) is 24.1 Å². The van der Waals surface area contributed by atoms with Crippen LogP contribution < -0.4 is 16.8 Å². The van der Waals surface area contributed by atoms with Crippen LogP contribution in [0.15, 0.2) is 54.9 Å². The van der Waals surface area contributed by atoms with Gasteiger partial charge in [-0.15, -0.1) is 0 Å². The van der Waals surface area contributed by atoms with Crippen LogP contribution >= 0.6 is 0 Å². The number of carbonyl (C=O) groups excluding carboxylic acids is 1. The van der Waals surface area contributed by atoms with Gasteiger partial charge in [0.2, 0.25) is 0 Å². The third-order valence-electron chi connectivity index (χ3n) is 5.20. The second-order valence-corrected chi connectivity index (χ2v) is 7.57. The second kappa shape index (κ2) is 8.81. The SMILES string of the molecule is Nc1ccc(-c2c(F)cccc2F)nc1C(=O)Nc1cnccc1C1=CC(O)CC(N)C1. The van der Waals surface area contributed by atoms with Crippen LogP contribution in [0.25, 0.3) is 16.8 Å². The summed E-state index contributed by atoms with van der Waals surface area (Å²) in [4.78, 5) is 21.2. The summed E-state index contributed by atoms with van der Waals surface area (Å²) in [6.07, 6.45) is 5.00. The van der Waals surface area contributed by atoms with E-state index in [0.717, 1.165) is 17.7 Å². The van der Waals surface area contributed by atoms with Crippen molar-refractivity contribution in [1.29, 1.82) is 0 Å². The van der Waals surface area contributed by atoms with E-state index in [1.54, 1.807) is 18.3 Å². The first-order valence-corrected chi connectivity index (χ1v) is 9.94. The molecule has 2 heterocycles. The van der Waals surface area contributed by atoms with Gasteiger partial charge in [-0.1, -0.05) is 12.1 Å². The van der Waals surface area contributed by atoms with Gasteiger partial charge >= 0.3 is 0 Å². The first-order valence-electron chi connectivity index (χ1n) is 9.94. The molecule has 0 saturated carbocycles. The van der Waals surface area contributed by atoms with Gasteiger partial charge in [0.1, 0.15) is 11.6 Å². The number of aliphatic hydroxyl groups is 1. The molecule has 0 radical (unpaired) electrons. The molecule has 4 rings (SSSR count). The number of rotatable bonds is 4. The Hall–Kier alpha value is -3.69. The highest BCUT2D eigenvalue weighted by atomic mass is 19.1. The molecule has 2 aromatic heterocycles. The Morgan fingerprint density at radius 2 is 1.91 bits per heavy atom. The van der Waals surface area contributed by atoms with Gasteiger partial charge in [-0.05, 0) is 48.7 Å². The zero-order valence-corrected chi connectivity index (χ0v) is 16.9. The molecule has 9 heteroatoms.